The van der Waals surface area contributed by atoms with Gasteiger partial charge < -0.3 is 29.2 Å². The Morgan fingerprint density at radius 2 is 1.94 bits per heavy atom. The Morgan fingerprint density at radius 1 is 1.17 bits per heavy atom. The monoisotopic (exact) mass is 494 g/mol. The summed E-state index contributed by atoms with van der Waals surface area (Å²) in [6.45, 7) is 1.33. The zero-order valence-corrected chi connectivity index (χ0v) is 19.0. The minimum absolute atomic E-state index is 0.0568. The minimum atomic E-state index is -4.79. The van der Waals surface area contributed by atoms with Crippen LogP contribution < -0.4 is 19.5 Å². The summed E-state index contributed by atoms with van der Waals surface area (Å²) in [5.41, 5.74) is 1.19. The van der Waals surface area contributed by atoms with Crippen molar-refractivity contribution >= 4 is 17.5 Å². The SMILES string of the molecule is COc1ccc([C@@H]2CC(=O)N(CC(=O)Nc3ccc(OC(F)(F)F)cc3)C2)cc1O[C@@H]1CCOC1. The van der Waals surface area contributed by atoms with Gasteiger partial charge in [0, 0.05) is 31.0 Å². The Balaban J connectivity index is 1.35. The molecule has 11 heteroatoms. The summed E-state index contributed by atoms with van der Waals surface area (Å²) < 4.78 is 57.4. The van der Waals surface area contributed by atoms with Crippen molar-refractivity contribution < 1.29 is 41.7 Å². The minimum Gasteiger partial charge on any atom is -0.493 e. The van der Waals surface area contributed by atoms with Gasteiger partial charge in [0.15, 0.2) is 11.5 Å². The van der Waals surface area contributed by atoms with Gasteiger partial charge in [-0.05, 0) is 42.0 Å². The number of nitrogens with one attached hydrogen (secondary N) is 1. The van der Waals surface area contributed by atoms with Gasteiger partial charge in [0.2, 0.25) is 11.8 Å². The van der Waals surface area contributed by atoms with Crippen molar-refractivity contribution in [1.82, 2.24) is 4.90 Å². The van der Waals surface area contributed by atoms with Gasteiger partial charge in [-0.25, -0.2) is 0 Å². The number of ether oxygens (including phenoxy) is 4. The summed E-state index contributed by atoms with van der Waals surface area (Å²) in [5.74, 6) is 0.0403. The van der Waals surface area contributed by atoms with Crippen LogP contribution in [0.5, 0.6) is 17.2 Å². The van der Waals surface area contributed by atoms with Crippen molar-refractivity contribution in [3.63, 3.8) is 0 Å². The molecule has 2 aliphatic rings. The normalized spacial score (nSPS) is 20.1. The number of halogens is 3. The number of hydrogen-bond donors (Lipinski definition) is 1. The number of alkyl halides is 3. The quantitative estimate of drug-likeness (QED) is 0.602. The lowest BCUT2D eigenvalue weighted by Gasteiger charge is -2.19. The average molecular weight is 494 g/mol. The van der Waals surface area contributed by atoms with E-state index in [-0.39, 0.29) is 30.9 Å². The van der Waals surface area contributed by atoms with Crippen LogP contribution in [0.2, 0.25) is 0 Å². The first kappa shape index (κ1) is 24.6. The first-order chi connectivity index (χ1) is 16.7. The smallest absolute Gasteiger partial charge is 0.493 e. The van der Waals surface area contributed by atoms with Gasteiger partial charge in [-0.2, -0.15) is 0 Å². The number of likely N-dealkylation sites (tertiary alicyclic amines) is 1. The van der Waals surface area contributed by atoms with Crippen LogP contribution in [0.3, 0.4) is 0 Å². The topological polar surface area (TPSA) is 86.3 Å². The zero-order chi connectivity index (χ0) is 25.0. The van der Waals surface area contributed by atoms with E-state index >= 15 is 0 Å². The maximum absolute atomic E-state index is 12.6. The van der Waals surface area contributed by atoms with Crippen molar-refractivity contribution in [2.75, 3.05) is 38.7 Å². The highest BCUT2D eigenvalue weighted by molar-refractivity contribution is 5.95. The van der Waals surface area contributed by atoms with Gasteiger partial charge in [-0.3, -0.25) is 9.59 Å². The fourth-order valence-electron chi connectivity index (χ4n) is 4.09. The predicted molar refractivity (Wildman–Crippen MR) is 119 cm³/mol. The van der Waals surface area contributed by atoms with Crippen molar-refractivity contribution in [2.45, 2.75) is 31.2 Å². The molecule has 2 saturated heterocycles. The number of amides is 2. The van der Waals surface area contributed by atoms with E-state index in [9.17, 15) is 22.8 Å². The van der Waals surface area contributed by atoms with Crippen LogP contribution in [0, 0.1) is 0 Å². The molecule has 0 aromatic heterocycles. The van der Waals surface area contributed by atoms with Crippen LogP contribution in [-0.2, 0) is 14.3 Å². The Labute approximate surface area is 199 Å². The van der Waals surface area contributed by atoms with Crippen LogP contribution in [-0.4, -0.2) is 62.6 Å². The molecule has 0 unspecified atom stereocenters. The first-order valence-electron chi connectivity index (χ1n) is 11.1. The van der Waals surface area contributed by atoms with E-state index in [0.29, 0.717) is 36.9 Å². The number of methoxy groups -OCH3 is 1. The molecule has 0 radical (unpaired) electrons. The fourth-order valence-corrected chi connectivity index (χ4v) is 4.09. The second-order valence-corrected chi connectivity index (χ2v) is 8.31. The number of anilines is 1. The summed E-state index contributed by atoms with van der Waals surface area (Å²) in [5, 5.41) is 2.58. The second kappa shape index (κ2) is 10.4. The molecule has 0 saturated carbocycles. The molecule has 2 aromatic rings. The van der Waals surface area contributed by atoms with Gasteiger partial charge in [0.05, 0.1) is 26.9 Å². The lowest BCUT2D eigenvalue weighted by atomic mass is 9.98. The molecule has 8 nitrogen and oxygen atoms in total. The molecular weight excluding hydrogens is 469 g/mol. The molecule has 35 heavy (non-hydrogen) atoms. The number of carbonyl (C=O) groups is 2. The first-order valence-corrected chi connectivity index (χ1v) is 11.1. The van der Waals surface area contributed by atoms with E-state index in [1.807, 2.05) is 12.1 Å². The third-order valence-electron chi connectivity index (χ3n) is 5.76. The zero-order valence-electron chi connectivity index (χ0n) is 19.0. The molecule has 2 amide bonds. The van der Waals surface area contributed by atoms with Crippen LogP contribution in [0.1, 0.15) is 24.3 Å². The highest BCUT2D eigenvalue weighted by Gasteiger charge is 2.33. The summed E-state index contributed by atoms with van der Waals surface area (Å²) in [6.07, 6.45) is -3.82. The predicted octanol–water partition coefficient (Wildman–Crippen LogP) is 3.72. The van der Waals surface area contributed by atoms with Crippen LogP contribution in [0.25, 0.3) is 0 Å². The highest BCUT2D eigenvalue weighted by atomic mass is 19.4. The van der Waals surface area contributed by atoms with Crippen LogP contribution in [0.15, 0.2) is 42.5 Å². The average Bonchev–Trinajstić information content (AvgIpc) is 3.44. The van der Waals surface area contributed by atoms with E-state index in [4.69, 9.17) is 14.2 Å². The van der Waals surface area contributed by atoms with Crippen LogP contribution in [0.4, 0.5) is 18.9 Å². The number of nitrogens with zero attached hydrogens (tertiary/aromatic N) is 1. The second-order valence-electron chi connectivity index (χ2n) is 8.31. The maximum atomic E-state index is 12.6. The van der Waals surface area contributed by atoms with E-state index in [2.05, 4.69) is 10.1 Å². The third-order valence-corrected chi connectivity index (χ3v) is 5.76. The third kappa shape index (κ3) is 6.56. The van der Waals surface area contributed by atoms with Gasteiger partial charge in [-0.1, -0.05) is 6.07 Å². The van der Waals surface area contributed by atoms with E-state index < -0.39 is 18.0 Å². The molecule has 2 atom stereocenters. The number of rotatable bonds is 8. The standard InChI is InChI=1S/C24H25F3N2O6/c1-32-20-7-2-15(10-21(20)34-19-8-9-33-14-19)16-11-23(31)29(12-16)13-22(30)28-17-3-5-18(6-4-17)35-24(25,26)27/h2-7,10,16,19H,8-9,11-14H2,1H3,(H,28,30)/t16-,19-/m1/s1. The van der Waals surface area contributed by atoms with Crippen LogP contribution >= 0.6 is 0 Å². The molecule has 2 heterocycles. The Morgan fingerprint density at radius 3 is 2.60 bits per heavy atom. The van der Waals surface area contributed by atoms with Gasteiger partial charge >= 0.3 is 6.36 Å². The van der Waals surface area contributed by atoms with E-state index in [1.165, 1.54) is 17.0 Å². The molecule has 1 N–H and O–H groups in total. The molecule has 2 aliphatic heterocycles. The Kier molecular flexibility index (Phi) is 7.34. The molecule has 0 bridgehead atoms. The molecule has 4 rings (SSSR count). The van der Waals surface area contributed by atoms with E-state index in [0.717, 1.165) is 24.1 Å². The lowest BCUT2D eigenvalue weighted by molar-refractivity contribution is -0.274. The van der Waals surface area contributed by atoms with Gasteiger partial charge in [0.1, 0.15) is 11.9 Å². The fraction of sp³-hybridized carbons (Fsp3) is 0.417. The Hall–Kier alpha value is -3.47. The number of carbonyl (C=O) groups excluding carboxylic acids is 2. The summed E-state index contributed by atoms with van der Waals surface area (Å²) in [7, 11) is 1.56. The summed E-state index contributed by atoms with van der Waals surface area (Å²) in [6, 6.07) is 10.3. The molecule has 2 aromatic carbocycles. The molecule has 2 fully saturated rings. The highest BCUT2D eigenvalue weighted by Crippen LogP contribution is 2.36. The molecule has 0 aliphatic carbocycles. The molecular formula is C24H25F3N2O6. The number of hydrogen-bond acceptors (Lipinski definition) is 6. The molecule has 0 spiro atoms. The van der Waals surface area contributed by atoms with Gasteiger partial charge in [0.25, 0.3) is 0 Å². The summed E-state index contributed by atoms with van der Waals surface area (Å²) >= 11 is 0. The maximum Gasteiger partial charge on any atom is 0.573 e. The lowest BCUT2D eigenvalue weighted by Crippen LogP contribution is -2.34. The number of benzene rings is 2. The van der Waals surface area contributed by atoms with Crippen molar-refractivity contribution in [2.24, 2.45) is 0 Å². The van der Waals surface area contributed by atoms with Crippen molar-refractivity contribution in [1.29, 1.82) is 0 Å². The van der Waals surface area contributed by atoms with Crippen molar-refractivity contribution in [3.05, 3.63) is 48.0 Å². The largest absolute Gasteiger partial charge is 0.573 e. The Bertz CT molecular complexity index is 1050. The van der Waals surface area contributed by atoms with E-state index in [1.54, 1.807) is 13.2 Å². The van der Waals surface area contributed by atoms with Crippen molar-refractivity contribution in [3.8, 4) is 17.2 Å². The molecule has 188 valence electrons. The van der Waals surface area contributed by atoms with Gasteiger partial charge in [-0.15, -0.1) is 13.2 Å². The summed E-state index contributed by atoms with van der Waals surface area (Å²) in [4.78, 5) is 26.5.